The van der Waals surface area contributed by atoms with Crippen LogP contribution in [0, 0.1) is 0 Å². The Kier molecular flexibility index (Phi) is 5.95. The molecular weight excluding hydrogens is 252 g/mol. The van der Waals surface area contributed by atoms with Gasteiger partial charge in [0.2, 0.25) is 5.91 Å². The zero-order valence-corrected chi connectivity index (χ0v) is 12.2. The lowest BCUT2D eigenvalue weighted by molar-refractivity contribution is -0.132. The van der Waals surface area contributed by atoms with E-state index >= 15 is 0 Å². The van der Waals surface area contributed by atoms with Crippen molar-refractivity contribution in [1.29, 1.82) is 0 Å². The highest BCUT2D eigenvalue weighted by molar-refractivity contribution is 5.76. The molecule has 1 amide bonds. The number of hydrogen-bond donors (Lipinski definition) is 1. The maximum atomic E-state index is 12.0. The Balaban J connectivity index is 1.71. The predicted molar refractivity (Wildman–Crippen MR) is 79.3 cm³/mol. The van der Waals surface area contributed by atoms with Gasteiger partial charge < -0.3 is 10.2 Å². The topological polar surface area (TPSA) is 48.5 Å². The van der Waals surface area contributed by atoms with Crippen LogP contribution in [-0.4, -0.2) is 60.0 Å². The van der Waals surface area contributed by atoms with Gasteiger partial charge in [0.1, 0.15) is 0 Å². The summed E-state index contributed by atoms with van der Waals surface area (Å²) >= 11 is 0. The molecule has 5 nitrogen and oxygen atoms in total. The molecule has 0 unspecified atom stereocenters. The van der Waals surface area contributed by atoms with Gasteiger partial charge in [-0.3, -0.25) is 14.7 Å². The van der Waals surface area contributed by atoms with E-state index in [2.05, 4.69) is 28.2 Å². The van der Waals surface area contributed by atoms with E-state index in [1.165, 1.54) is 5.56 Å². The van der Waals surface area contributed by atoms with Crippen LogP contribution in [0.5, 0.6) is 0 Å². The molecule has 1 fully saturated rings. The van der Waals surface area contributed by atoms with E-state index in [4.69, 9.17) is 0 Å². The molecule has 5 heteroatoms. The third-order valence-electron chi connectivity index (χ3n) is 3.62. The van der Waals surface area contributed by atoms with Crippen molar-refractivity contribution in [2.75, 3.05) is 39.3 Å². The maximum absolute atomic E-state index is 12.0. The van der Waals surface area contributed by atoms with Crippen LogP contribution in [0.1, 0.15) is 18.9 Å². The molecule has 0 aliphatic carbocycles. The summed E-state index contributed by atoms with van der Waals surface area (Å²) < 4.78 is 0. The molecule has 1 N–H and O–H groups in total. The van der Waals surface area contributed by atoms with E-state index < -0.39 is 0 Å². The Hall–Kier alpha value is -1.46. The SMILES string of the molecule is CCNCCC(=O)N1CCN(Cc2cccnc2)CC1. The van der Waals surface area contributed by atoms with E-state index in [9.17, 15) is 4.79 Å². The van der Waals surface area contributed by atoms with E-state index in [0.717, 1.165) is 45.8 Å². The average molecular weight is 276 g/mol. The second-order valence-corrected chi connectivity index (χ2v) is 5.12. The molecule has 1 aromatic rings. The van der Waals surface area contributed by atoms with Crippen molar-refractivity contribution in [3.05, 3.63) is 30.1 Å². The summed E-state index contributed by atoms with van der Waals surface area (Å²) in [4.78, 5) is 20.5. The zero-order valence-electron chi connectivity index (χ0n) is 12.2. The van der Waals surface area contributed by atoms with Gasteiger partial charge in [0, 0.05) is 58.1 Å². The van der Waals surface area contributed by atoms with Gasteiger partial charge in [-0.25, -0.2) is 0 Å². The van der Waals surface area contributed by atoms with Crippen molar-refractivity contribution >= 4 is 5.91 Å². The highest BCUT2D eigenvalue weighted by Gasteiger charge is 2.20. The normalized spacial score (nSPS) is 16.4. The number of aromatic nitrogens is 1. The summed E-state index contributed by atoms with van der Waals surface area (Å²) in [5, 5.41) is 3.19. The van der Waals surface area contributed by atoms with Gasteiger partial charge in [-0.2, -0.15) is 0 Å². The number of hydrogen-bond acceptors (Lipinski definition) is 4. The van der Waals surface area contributed by atoms with Gasteiger partial charge in [0.05, 0.1) is 0 Å². The smallest absolute Gasteiger partial charge is 0.223 e. The monoisotopic (exact) mass is 276 g/mol. The van der Waals surface area contributed by atoms with Crippen LogP contribution in [0.2, 0.25) is 0 Å². The van der Waals surface area contributed by atoms with E-state index in [1.54, 1.807) is 6.20 Å². The number of piperazine rings is 1. The first-order valence-corrected chi connectivity index (χ1v) is 7.39. The molecule has 1 aromatic heterocycles. The van der Waals surface area contributed by atoms with Gasteiger partial charge >= 0.3 is 0 Å². The minimum atomic E-state index is 0.270. The minimum Gasteiger partial charge on any atom is -0.340 e. The average Bonchev–Trinajstić information content (AvgIpc) is 2.49. The molecule has 110 valence electrons. The first kappa shape index (κ1) is 14.9. The Morgan fingerprint density at radius 1 is 1.35 bits per heavy atom. The lowest BCUT2D eigenvalue weighted by atomic mass is 10.2. The van der Waals surface area contributed by atoms with Crippen molar-refractivity contribution in [3.8, 4) is 0 Å². The fourth-order valence-electron chi connectivity index (χ4n) is 2.44. The predicted octanol–water partition coefficient (Wildman–Crippen LogP) is 0.725. The third kappa shape index (κ3) is 4.58. The van der Waals surface area contributed by atoms with Crippen LogP contribution >= 0.6 is 0 Å². The van der Waals surface area contributed by atoms with E-state index in [-0.39, 0.29) is 5.91 Å². The Morgan fingerprint density at radius 2 is 2.15 bits per heavy atom. The number of amides is 1. The van der Waals surface area contributed by atoms with E-state index in [1.807, 2.05) is 17.2 Å². The summed E-state index contributed by atoms with van der Waals surface area (Å²) in [6.07, 6.45) is 4.31. The lowest BCUT2D eigenvalue weighted by Crippen LogP contribution is -2.48. The molecule has 2 rings (SSSR count). The van der Waals surface area contributed by atoms with Crippen LogP contribution < -0.4 is 5.32 Å². The van der Waals surface area contributed by atoms with Crippen molar-refractivity contribution in [2.45, 2.75) is 19.9 Å². The second-order valence-electron chi connectivity index (χ2n) is 5.12. The molecule has 0 bridgehead atoms. The molecule has 1 aliphatic heterocycles. The molecule has 2 heterocycles. The van der Waals surface area contributed by atoms with Crippen molar-refractivity contribution in [1.82, 2.24) is 20.1 Å². The maximum Gasteiger partial charge on any atom is 0.223 e. The molecule has 1 aliphatic rings. The largest absolute Gasteiger partial charge is 0.340 e. The van der Waals surface area contributed by atoms with Crippen LogP contribution in [-0.2, 0) is 11.3 Å². The summed E-state index contributed by atoms with van der Waals surface area (Å²) in [5.74, 6) is 0.270. The number of nitrogens with one attached hydrogen (secondary N) is 1. The van der Waals surface area contributed by atoms with E-state index in [0.29, 0.717) is 6.42 Å². The van der Waals surface area contributed by atoms with Gasteiger partial charge in [0.15, 0.2) is 0 Å². The summed E-state index contributed by atoms with van der Waals surface area (Å²) in [6.45, 7) is 8.26. The number of carbonyl (C=O) groups is 1. The van der Waals surface area contributed by atoms with Crippen molar-refractivity contribution in [2.24, 2.45) is 0 Å². The molecule has 0 saturated carbocycles. The molecule has 0 atom stereocenters. The second kappa shape index (κ2) is 7.97. The molecule has 1 saturated heterocycles. The minimum absolute atomic E-state index is 0.270. The van der Waals surface area contributed by atoms with Crippen LogP contribution in [0.4, 0.5) is 0 Å². The Labute approximate surface area is 121 Å². The van der Waals surface area contributed by atoms with Gasteiger partial charge in [-0.05, 0) is 18.2 Å². The summed E-state index contributed by atoms with van der Waals surface area (Å²) in [5.41, 5.74) is 1.24. The Bertz CT molecular complexity index is 402. The fraction of sp³-hybridized carbons (Fsp3) is 0.600. The quantitative estimate of drug-likeness (QED) is 0.778. The highest BCUT2D eigenvalue weighted by Crippen LogP contribution is 2.08. The van der Waals surface area contributed by atoms with Gasteiger partial charge in [0.25, 0.3) is 0 Å². The number of rotatable bonds is 6. The first-order valence-electron chi connectivity index (χ1n) is 7.39. The number of nitrogens with zero attached hydrogens (tertiary/aromatic N) is 3. The molecule has 20 heavy (non-hydrogen) atoms. The molecule has 0 radical (unpaired) electrons. The summed E-state index contributed by atoms with van der Waals surface area (Å²) in [6, 6.07) is 4.07. The summed E-state index contributed by atoms with van der Waals surface area (Å²) in [7, 11) is 0. The van der Waals surface area contributed by atoms with Gasteiger partial charge in [-0.1, -0.05) is 13.0 Å². The van der Waals surface area contributed by atoms with Crippen LogP contribution in [0.3, 0.4) is 0 Å². The van der Waals surface area contributed by atoms with Gasteiger partial charge in [-0.15, -0.1) is 0 Å². The standard InChI is InChI=1S/C15H24N4O/c1-2-16-7-5-15(20)19-10-8-18(9-11-19)13-14-4-3-6-17-12-14/h3-4,6,12,16H,2,5,7-11,13H2,1H3. The molecule has 0 spiro atoms. The zero-order chi connectivity index (χ0) is 14.2. The molecular formula is C15H24N4O. The van der Waals surface area contributed by atoms with Crippen LogP contribution in [0.15, 0.2) is 24.5 Å². The van der Waals surface area contributed by atoms with Crippen LogP contribution in [0.25, 0.3) is 0 Å². The first-order chi connectivity index (χ1) is 9.79. The lowest BCUT2D eigenvalue weighted by Gasteiger charge is -2.34. The fourth-order valence-corrected chi connectivity index (χ4v) is 2.44. The van der Waals surface area contributed by atoms with Crippen molar-refractivity contribution in [3.63, 3.8) is 0 Å². The third-order valence-corrected chi connectivity index (χ3v) is 3.62. The Morgan fingerprint density at radius 3 is 2.80 bits per heavy atom. The van der Waals surface area contributed by atoms with Crippen molar-refractivity contribution < 1.29 is 4.79 Å². The number of pyridine rings is 1. The molecule has 0 aromatic carbocycles. The number of carbonyl (C=O) groups excluding carboxylic acids is 1. The highest BCUT2D eigenvalue weighted by atomic mass is 16.2.